The summed E-state index contributed by atoms with van der Waals surface area (Å²) in [5.74, 6) is 3.62. The van der Waals surface area contributed by atoms with Crippen molar-refractivity contribution in [3.05, 3.63) is 76.8 Å². The van der Waals surface area contributed by atoms with Gasteiger partial charge in [-0.1, -0.05) is 17.7 Å². The molecule has 1 aromatic carbocycles. The predicted molar refractivity (Wildman–Crippen MR) is 167 cm³/mol. The van der Waals surface area contributed by atoms with Crippen molar-refractivity contribution in [2.24, 2.45) is 17.8 Å². The highest BCUT2D eigenvalue weighted by Gasteiger charge is 2.54. The van der Waals surface area contributed by atoms with Crippen molar-refractivity contribution in [2.75, 3.05) is 38.1 Å². The number of aromatic nitrogens is 5. The number of pyridine rings is 1. The molecule has 2 unspecified atom stereocenters. The summed E-state index contributed by atoms with van der Waals surface area (Å²) in [5.41, 5.74) is 2.69. The van der Waals surface area contributed by atoms with Crippen molar-refractivity contribution < 1.29 is 14.6 Å². The third-order valence-electron chi connectivity index (χ3n) is 8.90. The highest BCUT2D eigenvalue weighted by molar-refractivity contribution is 7.19. The Kier molecular flexibility index (Phi) is 6.93. The zero-order valence-electron chi connectivity index (χ0n) is 23.6. The molecule has 2 aliphatic heterocycles. The van der Waals surface area contributed by atoms with E-state index >= 15 is 0 Å². The Bertz CT molecular complexity index is 1910. The Morgan fingerprint density at radius 1 is 1.16 bits per heavy atom. The fraction of sp³-hybridized carbons (Fsp3) is 0.323. The van der Waals surface area contributed by atoms with E-state index in [2.05, 4.69) is 30.3 Å². The number of carbonyl (C=O) groups excluding carboxylic acids is 1. The van der Waals surface area contributed by atoms with Gasteiger partial charge >= 0.3 is 0 Å². The molecule has 3 aliphatic rings. The van der Waals surface area contributed by atoms with E-state index in [0.717, 1.165) is 52.5 Å². The van der Waals surface area contributed by atoms with Crippen molar-refractivity contribution >= 4 is 56.2 Å². The van der Waals surface area contributed by atoms with Gasteiger partial charge in [-0.3, -0.25) is 9.69 Å². The van der Waals surface area contributed by atoms with Gasteiger partial charge < -0.3 is 20.1 Å². The van der Waals surface area contributed by atoms with E-state index in [4.69, 9.17) is 16.3 Å². The highest BCUT2D eigenvalue weighted by Crippen LogP contribution is 2.51. The molecular weight excluding hydrogens is 600 g/mol. The fourth-order valence-corrected chi connectivity index (χ4v) is 7.98. The van der Waals surface area contributed by atoms with Gasteiger partial charge in [0.1, 0.15) is 34.8 Å². The topological polar surface area (TPSA) is 121 Å². The molecule has 8 rings (SSSR count). The first-order valence-electron chi connectivity index (χ1n) is 14.6. The Hall–Kier alpha value is -4.10. The maximum absolute atomic E-state index is 13.0. The minimum absolute atomic E-state index is 0.0355. The normalized spacial score (nSPS) is 21.2. The summed E-state index contributed by atoms with van der Waals surface area (Å²) in [6, 6.07) is 9.16. The maximum atomic E-state index is 13.0. The predicted octanol–water partition coefficient (Wildman–Crippen LogP) is 4.53. The van der Waals surface area contributed by atoms with Crippen molar-refractivity contribution in [1.82, 2.24) is 34.4 Å². The molecule has 2 N–H and O–H groups in total. The van der Waals surface area contributed by atoms with Crippen LogP contribution in [0.4, 0.5) is 11.5 Å². The first-order valence-corrected chi connectivity index (χ1v) is 15.8. The monoisotopic (exact) mass is 628 g/mol. The number of likely N-dealkylation sites (tertiary alicyclic amines) is 1. The quantitative estimate of drug-likeness (QED) is 0.239. The lowest BCUT2D eigenvalue weighted by molar-refractivity contribution is -0.126. The third kappa shape index (κ3) is 5.07. The smallest absolute Gasteiger partial charge is 0.246 e. The highest BCUT2D eigenvalue weighted by atomic mass is 35.5. The summed E-state index contributed by atoms with van der Waals surface area (Å²) in [6.07, 6.45) is 9.22. The van der Waals surface area contributed by atoms with Crippen LogP contribution in [-0.4, -0.2) is 78.2 Å². The van der Waals surface area contributed by atoms with Gasteiger partial charge in [0.25, 0.3) is 0 Å². The zero-order chi connectivity index (χ0) is 29.8. The minimum Gasteiger partial charge on any atom is -0.454 e. The first-order chi connectivity index (χ1) is 21.5. The molecule has 5 aromatic rings. The van der Waals surface area contributed by atoms with Crippen LogP contribution in [0.5, 0.6) is 11.5 Å². The van der Waals surface area contributed by atoms with Crippen molar-refractivity contribution in [3.63, 3.8) is 0 Å². The number of carbonyl (C=O) groups is 1. The van der Waals surface area contributed by atoms with Gasteiger partial charge in [-0.15, -0.1) is 11.3 Å². The molecule has 1 saturated heterocycles. The Morgan fingerprint density at radius 3 is 2.89 bits per heavy atom. The van der Waals surface area contributed by atoms with Crippen LogP contribution in [0.2, 0.25) is 5.02 Å². The number of fused-ring (bicyclic) bond motifs is 5. The molecule has 13 heteroatoms. The molecular formula is C31H29ClN8O3S. The van der Waals surface area contributed by atoms with Crippen molar-refractivity contribution in [1.29, 1.82) is 0 Å². The number of hydrogen-bond donors (Lipinski definition) is 2. The van der Waals surface area contributed by atoms with Crippen LogP contribution in [0.15, 0.2) is 61.3 Å². The summed E-state index contributed by atoms with van der Waals surface area (Å²) >= 11 is 8.22. The molecule has 44 heavy (non-hydrogen) atoms. The molecule has 2 fully saturated rings. The summed E-state index contributed by atoms with van der Waals surface area (Å²) in [6.45, 7) is 4.32. The third-order valence-corrected chi connectivity index (χ3v) is 10.3. The van der Waals surface area contributed by atoms with Crippen LogP contribution in [0.25, 0.3) is 15.9 Å². The van der Waals surface area contributed by atoms with E-state index in [1.807, 2.05) is 35.2 Å². The number of nitrogens with one attached hydrogen (secondary N) is 1. The number of aliphatic hydroxyl groups excluding tert-OH is 1. The van der Waals surface area contributed by atoms with Crippen LogP contribution in [-0.2, 0) is 17.8 Å². The Labute approximate surface area is 261 Å². The lowest BCUT2D eigenvalue weighted by Crippen LogP contribution is -2.34. The number of rotatable bonds is 8. The Balaban J connectivity index is 0.937. The molecule has 4 aromatic heterocycles. The van der Waals surface area contributed by atoms with Crippen LogP contribution in [0.3, 0.4) is 0 Å². The standard InChI is InChI=1S/C31H29ClN8O3S/c32-24-10-18(3-5-25(24)43-19-4-6-27-33-17-36-40(27)11-19)37-30-29-20-7-9-39(14-26(20)44-31(29)35-16-34-30)28(42)2-1-8-38-12-21-22(13-38)23(21)15-41/h1-6,10-11,16-17,21-23,41H,7-9,12-15H2,(H,34,35,37)/b2-1+. The zero-order valence-corrected chi connectivity index (χ0v) is 25.2. The molecule has 0 bridgehead atoms. The number of ether oxygens (including phenoxy) is 1. The van der Waals surface area contributed by atoms with Gasteiger partial charge in [-0.2, -0.15) is 5.10 Å². The van der Waals surface area contributed by atoms with Gasteiger partial charge in [-0.05, 0) is 60.1 Å². The van der Waals surface area contributed by atoms with Crippen LogP contribution in [0.1, 0.15) is 10.4 Å². The summed E-state index contributed by atoms with van der Waals surface area (Å²) in [7, 11) is 0. The summed E-state index contributed by atoms with van der Waals surface area (Å²) < 4.78 is 7.64. The van der Waals surface area contributed by atoms with Crippen molar-refractivity contribution in [2.45, 2.75) is 13.0 Å². The second-order valence-corrected chi connectivity index (χ2v) is 13.0. The second kappa shape index (κ2) is 11.1. The molecule has 2 atom stereocenters. The van der Waals surface area contributed by atoms with Gasteiger partial charge in [0.2, 0.25) is 5.91 Å². The molecule has 6 heterocycles. The van der Waals surface area contributed by atoms with E-state index in [-0.39, 0.29) is 5.91 Å². The van der Waals surface area contributed by atoms with E-state index < -0.39 is 0 Å². The number of thiophene rings is 1. The number of nitrogens with zero attached hydrogens (tertiary/aromatic N) is 7. The molecule has 1 saturated carbocycles. The average molecular weight is 629 g/mol. The van der Waals surface area contributed by atoms with Gasteiger partial charge in [0.15, 0.2) is 5.65 Å². The van der Waals surface area contributed by atoms with E-state index in [0.29, 0.717) is 59.8 Å². The summed E-state index contributed by atoms with van der Waals surface area (Å²) in [5, 5.41) is 18.4. The van der Waals surface area contributed by atoms with Gasteiger partial charge in [0, 0.05) is 49.4 Å². The largest absolute Gasteiger partial charge is 0.454 e. The molecule has 1 aliphatic carbocycles. The number of piperidine rings is 1. The number of aliphatic hydroxyl groups is 1. The number of anilines is 2. The number of hydrogen-bond acceptors (Lipinski definition) is 10. The van der Waals surface area contributed by atoms with E-state index in [9.17, 15) is 9.90 Å². The molecule has 1 amide bonds. The molecule has 0 radical (unpaired) electrons. The van der Waals surface area contributed by atoms with Gasteiger partial charge in [0.05, 0.1) is 23.2 Å². The lowest BCUT2D eigenvalue weighted by atomic mass is 10.0. The van der Waals surface area contributed by atoms with Crippen molar-refractivity contribution in [3.8, 4) is 11.5 Å². The number of amides is 1. The second-order valence-electron chi connectivity index (χ2n) is 11.5. The minimum atomic E-state index is 0.0355. The van der Waals surface area contributed by atoms with Crippen LogP contribution in [0, 0.1) is 17.8 Å². The molecule has 0 spiro atoms. The first kappa shape index (κ1) is 27.4. The number of benzene rings is 1. The number of halogens is 1. The maximum Gasteiger partial charge on any atom is 0.246 e. The van der Waals surface area contributed by atoms with E-state index in [1.165, 1.54) is 11.9 Å². The fourth-order valence-electron chi connectivity index (χ4n) is 6.56. The SMILES string of the molecule is O=C(/C=C/CN1CC2C(CO)C2C1)N1CCc2c(sc3ncnc(Nc4ccc(Oc5ccc6ncnn6c5)c(Cl)c4)c23)C1. The van der Waals surface area contributed by atoms with Gasteiger partial charge in [-0.25, -0.2) is 19.5 Å². The average Bonchev–Trinajstić information content (AvgIpc) is 3.43. The van der Waals surface area contributed by atoms with E-state index in [1.54, 1.807) is 40.5 Å². The van der Waals surface area contributed by atoms with Crippen LogP contribution < -0.4 is 10.1 Å². The summed E-state index contributed by atoms with van der Waals surface area (Å²) in [4.78, 5) is 32.6. The Morgan fingerprint density at radius 2 is 2.05 bits per heavy atom. The van der Waals surface area contributed by atoms with Crippen LogP contribution >= 0.6 is 22.9 Å². The molecule has 224 valence electrons. The lowest BCUT2D eigenvalue weighted by Gasteiger charge is -2.26. The molecule has 11 nitrogen and oxygen atoms in total.